The molecule has 8 nitrogen and oxygen atoms in total. The first-order chi connectivity index (χ1) is 14.1. The van der Waals surface area contributed by atoms with E-state index >= 15 is 0 Å². The summed E-state index contributed by atoms with van der Waals surface area (Å²) in [5, 5.41) is 2.83. The van der Waals surface area contributed by atoms with Gasteiger partial charge in [0.05, 0.1) is 40.0 Å². The molecule has 0 saturated heterocycles. The number of fused-ring (bicyclic) bond motifs is 1. The molecule has 0 bridgehead atoms. The van der Waals surface area contributed by atoms with Crippen molar-refractivity contribution in [2.45, 2.75) is 13.0 Å². The number of hydrogen-bond donors (Lipinski definition) is 1. The van der Waals surface area contributed by atoms with Crippen LogP contribution >= 0.6 is 0 Å². The molecule has 1 heterocycles. The van der Waals surface area contributed by atoms with Gasteiger partial charge in [-0.2, -0.15) is 0 Å². The minimum absolute atomic E-state index is 0.0936. The predicted octanol–water partition coefficient (Wildman–Crippen LogP) is 2.14. The standard InChI is InChI=1S/C21H24N2O6/c1-26-17-10-14(11-18(27-2)21(17)28-3)12-22-19(24)13-23-15-6-4-5-7-16(15)29-9-8-20(23)25/h4-7,10-11H,8-9,12-13H2,1-3H3,(H,22,24). The van der Waals surface area contributed by atoms with E-state index in [1.807, 2.05) is 12.1 Å². The Balaban J connectivity index is 1.71. The van der Waals surface area contributed by atoms with Gasteiger partial charge in [0, 0.05) is 6.54 Å². The van der Waals surface area contributed by atoms with Gasteiger partial charge in [-0.15, -0.1) is 0 Å². The quantitative estimate of drug-likeness (QED) is 0.766. The second-order valence-electron chi connectivity index (χ2n) is 6.36. The number of hydrogen-bond acceptors (Lipinski definition) is 6. The Kier molecular flexibility index (Phi) is 6.43. The van der Waals surface area contributed by atoms with Crippen LogP contribution in [0.1, 0.15) is 12.0 Å². The first-order valence-electron chi connectivity index (χ1n) is 9.15. The smallest absolute Gasteiger partial charge is 0.240 e. The molecule has 0 unspecified atom stereocenters. The number of ether oxygens (including phenoxy) is 4. The Morgan fingerprint density at radius 3 is 2.45 bits per heavy atom. The number of amides is 2. The van der Waals surface area contributed by atoms with Crippen molar-refractivity contribution in [2.75, 3.05) is 39.4 Å². The van der Waals surface area contributed by atoms with Crippen LogP contribution in [0, 0.1) is 0 Å². The molecular weight excluding hydrogens is 376 g/mol. The molecule has 29 heavy (non-hydrogen) atoms. The van der Waals surface area contributed by atoms with Crippen molar-refractivity contribution in [3.63, 3.8) is 0 Å². The summed E-state index contributed by atoms with van der Waals surface area (Å²) in [6.07, 6.45) is 0.217. The molecule has 2 aromatic carbocycles. The fraction of sp³-hybridized carbons (Fsp3) is 0.333. The molecule has 1 aliphatic rings. The number of nitrogens with zero attached hydrogens (tertiary/aromatic N) is 1. The van der Waals surface area contributed by atoms with Crippen molar-refractivity contribution in [1.82, 2.24) is 5.32 Å². The molecule has 0 spiro atoms. The number of nitrogens with one attached hydrogen (secondary N) is 1. The maximum Gasteiger partial charge on any atom is 0.240 e. The number of para-hydroxylation sites is 2. The zero-order valence-electron chi connectivity index (χ0n) is 16.7. The first-order valence-corrected chi connectivity index (χ1v) is 9.15. The zero-order valence-corrected chi connectivity index (χ0v) is 16.7. The third-order valence-electron chi connectivity index (χ3n) is 4.55. The van der Waals surface area contributed by atoms with Crippen LogP contribution in [0.3, 0.4) is 0 Å². The van der Waals surface area contributed by atoms with E-state index in [1.54, 1.807) is 24.3 Å². The van der Waals surface area contributed by atoms with Crippen molar-refractivity contribution in [2.24, 2.45) is 0 Å². The summed E-state index contributed by atoms with van der Waals surface area (Å²) in [6.45, 7) is 0.443. The van der Waals surface area contributed by atoms with E-state index in [1.165, 1.54) is 26.2 Å². The first kappa shape index (κ1) is 20.3. The highest BCUT2D eigenvalue weighted by Gasteiger charge is 2.25. The molecule has 0 radical (unpaired) electrons. The van der Waals surface area contributed by atoms with Gasteiger partial charge in [-0.1, -0.05) is 12.1 Å². The molecule has 2 aromatic rings. The van der Waals surface area contributed by atoms with E-state index < -0.39 is 0 Å². The van der Waals surface area contributed by atoms with Crippen LogP contribution in [0.15, 0.2) is 36.4 Å². The van der Waals surface area contributed by atoms with Crippen LogP contribution in [-0.2, 0) is 16.1 Å². The largest absolute Gasteiger partial charge is 0.493 e. The number of anilines is 1. The molecule has 1 N–H and O–H groups in total. The van der Waals surface area contributed by atoms with Crippen molar-refractivity contribution >= 4 is 17.5 Å². The van der Waals surface area contributed by atoms with Gasteiger partial charge in [0.1, 0.15) is 12.3 Å². The van der Waals surface area contributed by atoms with Gasteiger partial charge in [0.25, 0.3) is 0 Å². The highest BCUT2D eigenvalue weighted by atomic mass is 16.5. The molecule has 0 aromatic heterocycles. The number of benzene rings is 2. The maximum absolute atomic E-state index is 12.6. The third-order valence-corrected chi connectivity index (χ3v) is 4.55. The third kappa shape index (κ3) is 4.53. The SMILES string of the molecule is COc1cc(CNC(=O)CN2C(=O)CCOc3ccccc32)cc(OC)c1OC. The molecule has 0 saturated carbocycles. The Labute approximate surface area is 169 Å². The summed E-state index contributed by atoms with van der Waals surface area (Å²) in [6, 6.07) is 10.7. The van der Waals surface area contributed by atoms with E-state index in [0.717, 1.165) is 5.56 Å². The fourth-order valence-electron chi connectivity index (χ4n) is 3.13. The summed E-state index contributed by atoms with van der Waals surface area (Å²) in [5.41, 5.74) is 1.37. The summed E-state index contributed by atoms with van der Waals surface area (Å²) in [5.74, 6) is 1.64. The molecule has 0 fully saturated rings. The molecule has 0 aliphatic carbocycles. The van der Waals surface area contributed by atoms with E-state index in [9.17, 15) is 9.59 Å². The van der Waals surface area contributed by atoms with Crippen molar-refractivity contribution < 1.29 is 28.5 Å². The fourth-order valence-corrected chi connectivity index (χ4v) is 3.13. The van der Waals surface area contributed by atoms with Gasteiger partial charge in [-0.05, 0) is 29.8 Å². The maximum atomic E-state index is 12.6. The lowest BCUT2D eigenvalue weighted by atomic mass is 10.1. The topological polar surface area (TPSA) is 86.3 Å². The van der Waals surface area contributed by atoms with Gasteiger partial charge >= 0.3 is 0 Å². The van der Waals surface area contributed by atoms with Crippen LogP contribution in [0.5, 0.6) is 23.0 Å². The Morgan fingerprint density at radius 2 is 1.79 bits per heavy atom. The molecule has 0 atom stereocenters. The molecule has 2 amide bonds. The molecule has 1 aliphatic heterocycles. The van der Waals surface area contributed by atoms with Crippen LogP contribution in [0.2, 0.25) is 0 Å². The monoisotopic (exact) mass is 400 g/mol. The van der Waals surface area contributed by atoms with Crippen LogP contribution in [0.4, 0.5) is 5.69 Å². The lowest BCUT2D eigenvalue weighted by Crippen LogP contribution is -2.40. The highest BCUT2D eigenvalue weighted by molar-refractivity contribution is 6.00. The number of carbonyl (C=O) groups excluding carboxylic acids is 2. The lowest BCUT2D eigenvalue weighted by Gasteiger charge is -2.21. The summed E-state index contributed by atoms with van der Waals surface area (Å²) >= 11 is 0. The molecule has 8 heteroatoms. The van der Waals surface area contributed by atoms with Gasteiger partial charge in [-0.3, -0.25) is 14.5 Å². The van der Waals surface area contributed by atoms with E-state index in [4.69, 9.17) is 18.9 Å². The summed E-state index contributed by atoms with van der Waals surface area (Å²) in [7, 11) is 4.59. The number of rotatable bonds is 7. The molecule has 3 rings (SSSR count). The lowest BCUT2D eigenvalue weighted by molar-refractivity contribution is -0.124. The Morgan fingerprint density at radius 1 is 1.10 bits per heavy atom. The van der Waals surface area contributed by atoms with E-state index in [0.29, 0.717) is 35.3 Å². The van der Waals surface area contributed by atoms with Crippen LogP contribution < -0.4 is 29.2 Å². The van der Waals surface area contributed by atoms with Gasteiger partial charge < -0.3 is 24.3 Å². The molecular formula is C21H24N2O6. The van der Waals surface area contributed by atoms with Gasteiger partial charge in [0.15, 0.2) is 11.5 Å². The van der Waals surface area contributed by atoms with E-state index in [2.05, 4.69) is 5.32 Å². The summed E-state index contributed by atoms with van der Waals surface area (Å²) in [4.78, 5) is 26.4. The van der Waals surface area contributed by atoms with Gasteiger partial charge in [-0.25, -0.2) is 0 Å². The van der Waals surface area contributed by atoms with Gasteiger partial charge in [0.2, 0.25) is 17.6 Å². The second kappa shape index (κ2) is 9.18. The second-order valence-corrected chi connectivity index (χ2v) is 6.36. The minimum Gasteiger partial charge on any atom is -0.493 e. The average molecular weight is 400 g/mol. The normalized spacial score (nSPS) is 13.1. The number of carbonyl (C=O) groups is 2. The minimum atomic E-state index is -0.288. The van der Waals surface area contributed by atoms with Crippen molar-refractivity contribution in [3.05, 3.63) is 42.0 Å². The average Bonchev–Trinajstić information content (AvgIpc) is 2.90. The number of methoxy groups -OCH3 is 3. The van der Waals surface area contributed by atoms with Crippen LogP contribution in [-0.4, -0.2) is 46.3 Å². The highest BCUT2D eigenvalue weighted by Crippen LogP contribution is 2.38. The summed E-state index contributed by atoms with van der Waals surface area (Å²) < 4.78 is 21.6. The van der Waals surface area contributed by atoms with E-state index in [-0.39, 0.29) is 31.3 Å². The molecule has 154 valence electrons. The Bertz CT molecular complexity index is 873. The zero-order chi connectivity index (χ0) is 20.8. The van der Waals surface area contributed by atoms with Crippen molar-refractivity contribution in [1.29, 1.82) is 0 Å². The Hall–Kier alpha value is -3.42. The van der Waals surface area contributed by atoms with Crippen molar-refractivity contribution in [3.8, 4) is 23.0 Å². The predicted molar refractivity (Wildman–Crippen MR) is 107 cm³/mol. The van der Waals surface area contributed by atoms with Crippen LogP contribution in [0.25, 0.3) is 0 Å².